The maximum atomic E-state index is 13.5. The number of anilines is 1. The van der Waals surface area contributed by atoms with Crippen molar-refractivity contribution in [2.24, 2.45) is 0 Å². The van der Waals surface area contributed by atoms with Crippen LogP contribution in [0.1, 0.15) is 75.0 Å². The van der Waals surface area contributed by atoms with E-state index in [1.54, 1.807) is 31.9 Å². The molecular weight excluding hydrogens is 555 g/mol. The molecule has 1 N–H and O–H groups in total. The Labute approximate surface area is 241 Å². The van der Waals surface area contributed by atoms with Gasteiger partial charge in [-0.2, -0.15) is 13.2 Å². The monoisotopic (exact) mass is 589 g/mol. The van der Waals surface area contributed by atoms with Crippen LogP contribution >= 0.6 is 0 Å². The second-order valence-electron chi connectivity index (χ2n) is 11.4. The predicted octanol–water partition coefficient (Wildman–Crippen LogP) is 7.16. The second kappa shape index (κ2) is 11.6. The van der Waals surface area contributed by atoms with E-state index in [9.17, 15) is 28.1 Å². The molecule has 1 fully saturated rings. The highest BCUT2D eigenvalue weighted by atomic mass is 19.4. The van der Waals surface area contributed by atoms with Crippen molar-refractivity contribution in [1.29, 1.82) is 0 Å². The quantitative estimate of drug-likeness (QED) is 0.238. The third-order valence-corrected chi connectivity index (χ3v) is 7.08. The van der Waals surface area contributed by atoms with E-state index in [0.717, 1.165) is 17.7 Å². The molecule has 0 spiro atoms. The van der Waals surface area contributed by atoms with E-state index in [0.29, 0.717) is 60.3 Å². The van der Waals surface area contributed by atoms with Crippen LogP contribution in [0.2, 0.25) is 0 Å². The molecule has 1 aliphatic rings. The Kier molecular flexibility index (Phi) is 8.51. The van der Waals surface area contributed by atoms with Crippen LogP contribution in [-0.4, -0.2) is 51.7 Å². The Morgan fingerprint density at radius 1 is 1.12 bits per heavy atom. The molecule has 0 saturated carbocycles. The minimum Gasteiger partial charge on any atom is -0.496 e. The third-order valence-electron chi connectivity index (χ3n) is 7.08. The summed E-state index contributed by atoms with van der Waals surface area (Å²) in [5.41, 5.74) is -0.793. The first-order valence-corrected chi connectivity index (χ1v) is 13.5. The molecule has 4 rings (SSSR count). The third kappa shape index (κ3) is 7.00. The van der Waals surface area contributed by atoms with E-state index in [2.05, 4.69) is 15.3 Å². The van der Waals surface area contributed by atoms with Crippen molar-refractivity contribution in [2.75, 3.05) is 25.5 Å². The topological polar surface area (TPSA) is 120 Å². The molecule has 2 aromatic carbocycles. The van der Waals surface area contributed by atoms with Gasteiger partial charge in [-0.05, 0) is 76.6 Å². The Morgan fingerprint density at radius 2 is 1.79 bits per heavy atom. The van der Waals surface area contributed by atoms with Crippen molar-refractivity contribution in [3.8, 4) is 5.75 Å². The van der Waals surface area contributed by atoms with Crippen LogP contribution in [0, 0.1) is 17.0 Å². The van der Waals surface area contributed by atoms with Gasteiger partial charge >= 0.3 is 12.3 Å². The van der Waals surface area contributed by atoms with Crippen LogP contribution in [0.4, 0.5) is 29.5 Å². The average molecular weight is 590 g/mol. The minimum absolute atomic E-state index is 0.0562. The number of non-ortho nitro benzene ring substituents is 1. The maximum Gasteiger partial charge on any atom is 0.416 e. The number of hydrogen-bond donors (Lipinski definition) is 1. The number of aryl methyl sites for hydroxylation is 1. The Morgan fingerprint density at radius 3 is 2.36 bits per heavy atom. The van der Waals surface area contributed by atoms with Crippen molar-refractivity contribution >= 4 is 28.5 Å². The number of aromatic nitrogens is 2. The number of methoxy groups -OCH3 is 1. The highest BCUT2D eigenvalue weighted by molar-refractivity contribution is 5.91. The first-order chi connectivity index (χ1) is 19.6. The molecule has 1 saturated heterocycles. The Bertz CT molecular complexity index is 1500. The van der Waals surface area contributed by atoms with Gasteiger partial charge in [-0.25, -0.2) is 14.8 Å². The van der Waals surface area contributed by atoms with Gasteiger partial charge in [0.05, 0.1) is 29.2 Å². The second-order valence-corrected chi connectivity index (χ2v) is 11.4. The number of piperidine rings is 1. The van der Waals surface area contributed by atoms with Crippen molar-refractivity contribution in [3.05, 3.63) is 63.0 Å². The number of nitro benzene ring substituents is 1. The first-order valence-electron chi connectivity index (χ1n) is 13.5. The minimum atomic E-state index is -4.75. The molecule has 1 aromatic heterocycles. The lowest BCUT2D eigenvalue weighted by atomic mass is 9.88. The molecule has 0 bridgehead atoms. The lowest BCUT2D eigenvalue weighted by Gasteiger charge is -2.34. The standard InChI is InChI=1S/C29H34F3N5O5/c1-16(19-11-20(29(30,31)32)13-21(12-19)37(39)40)33-26-23-14-22(25(41-6)15-24(23)34-17(2)35-26)18-7-9-36(10-8-18)27(38)42-28(3,4)5/h11-16,18H,7-10H2,1-6H3,(H,33,34,35). The fraction of sp³-hybridized carbons (Fsp3) is 0.483. The lowest BCUT2D eigenvalue weighted by Crippen LogP contribution is -2.41. The molecule has 0 aliphatic carbocycles. The first kappa shape index (κ1) is 30.8. The van der Waals surface area contributed by atoms with Gasteiger partial charge < -0.3 is 19.7 Å². The highest BCUT2D eigenvalue weighted by Crippen LogP contribution is 2.39. The molecule has 42 heavy (non-hydrogen) atoms. The number of nitro groups is 1. The lowest BCUT2D eigenvalue weighted by molar-refractivity contribution is -0.385. The van der Waals surface area contributed by atoms with Crippen LogP contribution < -0.4 is 10.1 Å². The van der Waals surface area contributed by atoms with Gasteiger partial charge in [-0.1, -0.05) is 0 Å². The molecule has 1 amide bonds. The van der Waals surface area contributed by atoms with E-state index < -0.39 is 34.0 Å². The maximum absolute atomic E-state index is 13.5. The number of benzene rings is 2. The number of likely N-dealkylation sites (tertiary alicyclic amines) is 1. The van der Waals surface area contributed by atoms with Crippen molar-refractivity contribution in [3.63, 3.8) is 0 Å². The van der Waals surface area contributed by atoms with Gasteiger partial charge in [-0.3, -0.25) is 10.1 Å². The molecule has 13 heteroatoms. The van der Waals surface area contributed by atoms with Crippen LogP contribution in [0.15, 0.2) is 30.3 Å². The molecule has 0 radical (unpaired) electrons. The summed E-state index contributed by atoms with van der Waals surface area (Å²) < 4.78 is 51.7. The number of rotatable bonds is 6. The summed E-state index contributed by atoms with van der Waals surface area (Å²) in [6.07, 6.45) is -3.77. The number of carbonyl (C=O) groups excluding carboxylic acids is 1. The van der Waals surface area contributed by atoms with Crippen LogP contribution in [0.3, 0.4) is 0 Å². The van der Waals surface area contributed by atoms with Gasteiger partial charge in [0, 0.05) is 36.7 Å². The number of halogens is 3. The zero-order valence-electron chi connectivity index (χ0n) is 24.3. The number of amides is 1. The molecule has 1 unspecified atom stereocenters. The van der Waals surface area contributed by atoms with E-state index in [-0.39, 0.29) is 17.6 Å². The van der Waals surface area contributed by atoms with Crippen molar-refractivity contribution in [2.45, 2.75) is 71.2 Å². The summed E-state index contributed by atoms with van der Waals surface area (Å²) in [4.78, 5) is 33.8. The van der Waals surface area contributed by atoms with Gasteiger partial charge in [0.25, 0.3) is 5.69 Å². The Hall–Kier alpha value is -4.16. The largest absolute Gasteiger partial charge is 0.496 e. The zero-order valence-corrected chi connectivity index (χ0v) is 24.3. The van der Waals surface area contributed by atoms with Crippen LogP contribution in [-0.2, 0) is 10.9 Å². The molecule has 226 valence electrons. The molecular formula is C29H34F3N5O5. The van der Waals surface area contributed by atoms with E-state index in [4.69, 9.17) is 9.47 Å². The number of nitrogens with zero attached hydrogens (tertiary/aromatic N) is 4. The van der Waals surface area contributed by atoms with Gasteiger partial charge in [0.15, 0.2) is 0 Å². The summed E-state index contributed by atoms with van der Waals surface area (Å²) in [6, 6.07) is 5.48. The summed E-state index contributed by atoms with van der Waals surface area (Å²) in [6.45, 7) is 9.77. The smallest absolute Gasteiger partial charge is 0.416 e. The van der Waals surface area contributed by atoms with Crippen molar-refractivity contribution < 1.29 is 32.4 Å². The SMILES string of the molecule is COc1cc2nc(C)nc(NC(C)c3cc([N+](=O)[O-])cc(C(F)(F)F)c3)c2cc1C1CCN(C(=O)OC(C)(C)C)CC1. The molecule has 2 heterocycles. The van der Waals surface area contributed by atoms with Gasteiger partial charge in [0.2, 0.25) is 0 Å². The number of nitrogens with one attached hydrogen (secondary N) is 1. The van der Waals surface area contributed by atoms with E-state index in [1.165, 1.54) is 0 Å². The summed E-state index contributed by atoms with van der Waals surface area (Å²) >= 11 is 0. The number of alkyl halides is 3. The number of fused-ring (bicyclic) bond motifs is 1. The average Bonchev–Trinajstić information content (AvgIpc) is 2.90. The zero-order chi connectivity index (χ0) is 31.0. The van der Waals surface area contributed by atoms with E-state index in [1.807, 2.05) is 26.8 Å². The summed E-state index contributed by atoms with van der Waals surface area (Å²) in [5.74, 6) is 1.48. The van der Waals surface area contributed by atoms with Crippen LogP contribution in [0.5, 0.6) is 5.75 Å². The molecule has 10 nitrogen and oxygen atoms in total. The van der Waals surface area contributed by atoms with Crippen molar-refractivity contribution in [1.82, 2.24) is 14.9 Å². The summed E-state index contributed by atoms with van der Waals surface area (Å²) in [7, 11) is 1.57. The number of ether oxygens (including phenoxy) is 2. The highest BCUT2D eigenvalue weighted by Gasteiger charge is 2.34. The normalized spacial score (nSPS) is 15.4. The summed E-state index contributed by atoms with van der Waals surface area (Å²) in [5, 5.41) is 15.1. The van der Waals surface area contributed by atoms with E-state index >= 15 is 0 Å². The number of hydrogen-bond acceptors (Lipinski definition) is 8. The fourth-order valence-corrected chi connectivity index (χ4v) is 5.04. The number of carbonyl (C=O) groups is 1. The molecule has 3 aromatic rings. The Balaban J connectivity index is 1.66. The predicted molar refractivity (Wildman–Crippen MR) is 151 cm³/mol. The molecule has 1 atom stereocenters. The fourth-order valence-electron chi connectivity index (χ4n) is 5.04. The van der Waals surface area contributed by atoms with Gasteiger partial charge in [-0.15, -0.1) is 0 Å². The van der Waals surface area contributed by atoms with Gasteiger partial charge in [0.1, 0.15) is 23.0 Å². The molecule has 1 aliphatic heterocycles. The van der Waals surface area contributed by atoms with Crippen LogP contribution in [0.25, 0.3) is 10.9 Å².